The number of fused-ring (bicyclic) bond motifs is 1. The van der Waals surface area contributed by atoms with Gasteiger partial charge in [0.25, 0.3) is 0 Å². The van der Waals surface area contributed by atoms with Gasteiger partial charge >= 0.3 is 11.9 Å². The lowest BCUT2D eigenvalue weighted by Crippen LogP contribution is -2.47. The van der Waals surface area contributed by atoms with Gasteiger partial charge in [0.15, 0.2) is 0 Å². The van der Waals surface area contributed by atoms with Gasteiger partial charge in [-0.25, -0.2) is 4.79 Å². The minimum absolute atomic E-state index is 0.125. The van der Waals surface area contributed by atoms with Gasteiger partial charge in [0.1, 0.15) is 6.10 Å². The van der Waals surface area contributed by atoms with Crippen LogP contribution in [0.1, 0.15) is 86.1 Å². The second-order valence-corrected chi connectivity index (χ2v) is 10.4. The minimum Gasteiger partial charge on any atom is -0.462 e. The molecule has 0 amide bonds. The van der Waals surface area contributed by atoms with Gasteiger partial charge < -0.3 is 9.47 Å². The number of carbonyl (C=O) groups is 2. The topological polar surface area (TPSA) is 52.6 Å². The Balaban J connectivity index is 1.97. The molecule has 5 heteroatoms. The third-order valence-corrected chi connectivity index (χ3v) is 7.14. The van der Waals surface area contributed by atoms with Gasteiger partial charge in [0.05, 0.1) is 12.2 Å². The highest BCUT2D eigenvalue weighted by molar-refractivity contribution is 9.08. The van der Waals surface area contributed by atoms with E-state index in [1.54, 1.807) is 19.1 Å². The maximum absolute atomic E-state index is 11.9. The van der Waals surface area contributed by atoms with Gasteiger partial charge in [-0.1, -0.05) is 80.0 Å². The van der Waals surface area contributed by atoms with Crippen molar-refractivity contribution >= 4 is 40.0 Å². The molecule has 2 aromatic carbocycles. The van der Waals surface area contributed by atoms with Crippen LogP contribution >= 0.6 is 15.9 Å². The molecule has 0 spiro atoms. The van der Waals surface area contributed by atoms with Gasteiger partial charge in [-0.3, -0.25) is 4.79 Å². The minimum atomic E-state index is -0.304. The molecule has 0 saturated carbocycles. The molecule has 3 rings (SSSR count). The summed E-state index contributed by atoms with van der Waals surface area (Å²) in [4.78, 5) is 23.6. The molecule has 4 nitrogen and oxygen atoms in total. The second kappa shape index (κ2) is 9.84. The quantitative estimate of drug-likeness (QED) is 0.242. The number of esters is 2. The maximum atomic E-state index is 11.9. The Hall–Kier alpha value is -2.40. The third kappa shape index (κ3) is 5.40. The first-order valence-corrected chi connectivity index (χ1v) is 12.5. The van der Waals surface area contributed by atoms with Gasteiger partial charge in [-0.2, -0.15) is 0 Å². The molecule has 0 bridgehead atoms. The van der Waals surface area contributed by atoms with Crippen molar-refractivity contribution in [1.82, 2.24) is 0 Å². The number of halogens is 1. The fraction of sp³-hybridized carbons (Fsp3) is 0.429. The molecule has 176 valence electrons. The predicted octanol–water partition coefficient (Wildman–Crippen LogP) is 6.82. The first-order valence-electron chi connectivity index (χ1n) is 11.4. The predicted molar refractivity (Wildman–Crippen MR) is 137 cm³/mol. The monoisotopic (exact) mass is 512 g/mol. The van der Waals surface area contributed by atoms with E-state index in [1.165, 1.54) is 23.6 Å². The Morgan fingerprint density at radius 1 is 1.06 bits per heavy atom. The Morgan fingerprint density at radius 3 is 2.30 bits per heavy atom. The Kier molecular flexibility index (Phi) is 7.52. The van der Waals surface area contributed by atoms with Crippen molar-refractivity contribution in [3.05, 3.63) is 69.8 Å². The largest absolute Gasteiger partial charge is 0.462 e. The SMILES string of the molecule is CCOC(=O)c1ccc(C=Cc2cc3c(cc2CBr)C(C)(C)C(OC(C)=O)CC3(C)C)cc1. The molecule has 0 fully saturated rings. The second-order valence-electron chi connectivity index (χ2n) is 9.81. The van der Waals surface area contributed by atoms with Crippen LogP contribution in [0, 0.1) is 0 Å². The van der Waals surface area contributed by atoms with E-state index >= 15 is 0 Å². The van der Waals surface area contributed by atoms with E-state index in [0.717, 1.165) is 22.9 Å². The van der Waals surface area contributed by atoms with Crippen molar-refractivity contribution in [2.45, 2.75) is 70.2 Å². The van der Waals surface area contributed by atoms with Crippen molar-refractivity contribution in [1.29, 1.82) is 0 Å². The van der Waals surface area contributed by atoms with Crippen molar-refractivity contribution in [2.24, 2.45) is 0 Å². The molecular formula is C28H33BrO4. The number of benzene rings is 2. The summed E-state index contributed by atoms with van der Waals surface area (Å²) < 4.78 is 10.8. The summed E-state index contributed by atoms with van der Waals surface area (Å²) in [5.74, 6) is -0.539. The zero-order chi connectivity index (χ0) is 24.4. The summed E-state index contributed by atoms with van der Waals surface area (Å²) in [6.45, 7) is 12.4. The molecule has 0 aliphatic heterocycles. The first-order chi connectivity index (χ1) is 15.5. The fourth-order valence-corrected chi connectivity index (χ4v) is 5.03. The number of rotatable bonds is 6. The highest BCUT2D eigenvalue weighted by atomic mass is 79.9. The number of ether oxygens (including phenoxy) is 2. The van der Waals surface area contributed by atoms with Gasteiger partial charge in [0.2, 0.25) is 0 Å². The average molecular weight is 513 g/mol. The van der Waals surface area contributed by atoms with E-state index in [2.05, 4.69) is 67.9 Å². The maximum Gasteiger partial charge on any atom is 0.338 e. The standard InChI is InChI=1S/C28H33BrO4/c1-7-32-26(31)20-11-8-19(9-12-20)10-13-21-14-23-24(15-22(21)17-29)28(5,6)25(33-18(2)30)16-27(23,3)4/h8-15,25H,7,16-17H2,1-6H3. The van der Waals surface area contributed by atoms with E-state index in [9.17, 15) is 9.59 Å². The van der Waals surface area contributed by atoms with Crippen molar-refractivity contribution in [2.75, 3.05) is 6.61 Å². The van der Waals surface area contributed by atoms with Crippen LogP contribution in [0.4, 0.5) is 0 Å². The van der Waals surface area contributed by atoms with Crippen LogP contribution in [0.15, 0.2) is 36.4 Å². The molecule has 0 N–H and O–H groups in total. The molecule has 33 heavy (non-hydrogen) atoms. The lowest BCUT2D eigenvalue weighted by molar-refractivity contribution is -0.151. The van der Waals surface area contributed by atoms with Gasteiger partial charge in [-0.05, 0) is 58.7 Å². The zero-order valence-corrected chi connectivity index (χ0v) is 21.9. The van der Waals surface area contributed by atoms with E-state index in [0.29, 0.717) is 12.2 Å². The van der Waals surface area contributed by atoms with Crippen LogP contribution in [-0.4, -0.2) is 24.6 Å². The molecule has 1 atom stereocenters. The van der Waals surface area contributed by atoms with Crippen LogP contribution in [0.25, 0.3) is 12.2 Å². The number of carbonyl (C=O) groups excluding carboxylic acids is 2. The molecule has 0 saturated heterocycles. The molecule has 2 aromatic rings. The number of alkyl halides is 1. The number of hydrogen-bond donors (Lipinski definition) is 0. The Labute approximate surface area is 205 Å². The molecule has 0 heterocycles. The first kappa shape index (κ1) is 25.2. The molecule has 1 unspecified atom stereocenters. The lowest BCUT2D eigenvalue weighted by Gasteiger charge is -2.47. The molecule has 0 aromatic heterocycles. The summed E-state index contributed by atoms with van der Waals surface area (Å²) in [6, 6.07) is 12.0. The smallest absolute Gasteiger partial charge is 0.338 e. The summed E-state index contributed by atoms with van der Waals surface area (Å²) in [6.07, 6.45) is 4.79. The van der Waals surface area contributed by atoms with Gasteiger partial charge in [-0.15, -0.1) is 0 Å². The fourth-order valence-electron chi connectivity index (χ4n) is 4.55. The summed E-state index contributed by atoms with van der Waals surface area (Å²) in [5.41, 5.74) is 6.01. The molecular weight excluding hydrogens is 480 g/mol. The van der Waals surface area contributed by atoms with Gasteiger partial charge in [0, 0.05) is 17.7 Å². The highest BCUT2D eigenvalue weighted by Gasteiger charge is 2.46. The van der Waals surface area contributed by atoms with Crippen LogP contribution in [0.2, 0.25) is 0 Å². The number of hydrogen-bond acceptors (Lipinski definition) is 4. The molecule has 0 radical (unpaired) electrons. The normalized spacial score (nSPS) is 18.6. The van der Waals surface area contributed by atoms with Crippen LogP contribution in [0.3, 0.4) is 0 Å². The molecule has 1 aliphatic carbocycles. The van der Waals surface area contributed by atoms with E-state index in [1.807, 2.05) is 12.1 Å². The summed E-state index contributed by atoms with van der Waals surface area (Å²) in [7, 11) is 0. The van der Waals surface area contributed by atoms with Crippen LogP contribution in [0.5, 0.6) is 0 Å². The van der Waals surface area contributed by atoms with Crippen molar-refractivity contribution in [3.63, 3.8) is 0 Å². The summed E-state index contributed by atoms with van der Waals surface area (Å²) in [5, 5.41) is 0.719. The van der Waals surface area contributed by atoms with Crippen LogP contribution < -0.4 is 0 Å². The lowest BCUT2D eigenvalue weighted by atomic mass is 9.61. The van der Waals surface area contributed by atoms with E-state index in [4.69, 9.17) is 9.47 Å². The Bertz CT molecular complexity index is 1060. The third-order valence-electron chi connectivity index (χ3n) is 6.53. The summed E-state index contributed by atoms with van der Waals surface area (Å²) >= 11 is 3.65. The zero-order valence-electron chi connectivity index (χ0n) is 20.3. The van der Waals surface area contributed by atoms with Crippen molar-refractivity contribution in [3.8, 4) is 0 Å². The Morgan fingerprint density at radius 2 is 1.73 bits per heavy atom. The molecule has 1 aliphatic rings. The highest BCUT2D eigenvalue weighted by Crippen LogP contribution is 2.48. The van der Waals surface area contributed by atoms with E-state index < -0.39 is 0 Å². The van der Waals surface area contributed by atoms with E-state index in [-0.39, 0.29) is 28.9 Å². The van der Waals surface area contributed by atoms with Crippen molar-refractivity contribution < 1.29 is 19.1 Å². The average Bonchev–Trinajstić information content (AvgIpc) is 2.75. The van der Waals surface area contributed by atoms with Crippen LogP contribution in [-0.2, 0) is 30.4 Å².